The van der Waals surface area contributed by atoms with Gasteiger partial charge < -0.3 is 15.3 Å². The third-order valence-electron chi connectivity index (χ3n) is 2.21. The van der Waals surface area contributed by atoms with E-state index in [4.69, 9.17) is 15.3 Å². The Kier molecular flexibility index (Phi) is 2.96. The fourth-order valence-corrected chi connectivity index (χ4v) is 1.40. The van der Waals surface area contributed by atoms with Gasteiger partial charge in [0.1, 0.15) is 11.5 Å². The van der Waals surface area contributed by atoms with Crippen molar-refractivity contribution in [1.29, 1.82) is 0 Å². The molecule has 4 heteroatoms. The first kappa shape index (κ1) is 11.0. The summed E-state index contributed by atoms with van der Waals surface area (Å²) in [7, 11) is 0. The zero-order valence-electron chi connectivity index (χ0n) is 8.96. The number of carbonyl (C=O) groups is 1. The fourth-order valence-electron chi connectivity index (χ4n) is 1.40. The van der Waals surface area contributed by atoms with Gasteiger partial charge in [0, 0.05) is 17.3 Å². The molecule has 0 radical (unpaired) electrons. The molecule has 0 fully saturated rings. The van der Waals surface area contributed by atoms with Crippen LogP contribution in [0.3, 0.4) is 0 Å². The van der Waals surface area contributed by atoms with Crippen molar-refractivity contribution < 1.29 is 14.3 Å². The number of benzene rings is 1. The van der Waals surface area contributed by atoms with E-state index in [0.29, 0.717) is 17.2 Å². The molecule has 1 aromatic carbocycles. The van der Waals surface area contributed by atoms with E-state index in [-0.39, 0.29) is 0 Å². The molecule has 17 heavy (non-hydrogen) atoms. The molecule has 1 heterocycles. The van der Waals surface area contributed by atoms with E-state index in [1.165, 1.54) is 6.08 Å². The highest BCUT2D eigenvalue weighted by atomic mass is 16.4. The van der Waals surface area contributed by atoms with Gasteiger partial charge in [0.05, 0.1) is 0 Å². The molecule has 0 spiro atoms. The monoisotopic (exact) mass is 229 g/mol. The summed E-state index contributed by atoms with van der Waals surface area (Å²) in [5, 5.41) is 8.49. The Morgan fingerprint density at radius 2 is 1.88 bits per heavy atom. The van der Waals surface area contributed by atoms with Gasteiger partial charge in [-0.25, -0.2) is 4.79 Å². The quantitative estimate of drug-likeness (QED) is 0.626. The third kappa shape index (κ3) is 2.75. The van der Waals surface area contributed by atoms with Gasteiger partial charge in [0.2, 0.25) is 0 Å². The van der Waals surface area contributed by atoms with Crippen molar-refractivity contribution in [1.82, 2.24) is 0 Å². The number of rotatable bonds is 3. The molecule has 0 unspecified atom stereocenters. The van der Waals surface area contributed by atoms with Crippen molar-refractivity contribution >= 4 is 17.7 Å². The van der Waals surface area contributed by atoms with Crippen LogP contribution >= 0.6 is 0 Å². The Bertz CT molecular complexity index is 552. The number of carboxylic acid groups (broad SMARTS) is 1. The van der Waals surface area contributed by atoms with Crippen molar-refractivity contribution in [2.45, 2.75) is 0 Å². The number of nitrogens with two attached hydrogens (primary N) is 1. The molecule has 4 nitrogen and oxygen atoms in total. The zero-order chi connectivity index (χ0) is 12.3. The lowest BCUT2D eigenvalue weighted by Gasteiger charge is -1.97. The van der Waals surface area contributed by atoms with Crippen molar-refractivity contribution in [3.8, 4) is 11.3 Å². The maximum absolute atomic E-state index is 10.3. The number of hydrogen-bond acceptors (Lipinski definition) is 3. The van der Waals surface area contributed by atoms with Crippen LogP contribution < -0.4 is 5.73 Å². The third-order valence-corrected chi connectivity index (χ3v) is 2.21. The summed E-state index contributed by atoms with van der Waals surface area (Å²) >= 11 is 0. The molecule has 0 atom stereocenters. The normalized spacial score (nSPS) is 10.8. The maximum atomic E-state index is 10.3. The van der Waals surface area contributed by atoms with Crippen molar-refractivity contribution in [3.63, 3.8) is 0 Å². The van der Waals surface area contributed by atoms with E-state index >= 15 is 0 Å². The van der Waals surface area contributed by atoms with Gasteiger partial charge in [-0.3, -0.25) is 0 Å². The fraction of sp³-hybridized carbons (Fsp3) is 0. The van der Waals surface area contributed by atoms with Crippen LogP contribution in [0.4, 0.5) is 5.69 Å². The second-order valence-electron chi connectivity index (χ2n) is 3.50. The lowest BCUT2D eigenvalue weighted by atomic mass is 10.1. The highest BCUT2D eigenvalue weighted by molar-refractivity contribution is 5.84. The first-order valence-electron chi connectivity index (χ1n) is 5.02. The van der Waals surface area contributed by atoms with Crippen LogP contribution in [0.25, 0.3) is 17.4 Å². The van der Waals surface area contributed by atoms with Crippen LogP contribution in [0.15, 0.2) is 46.9 Å². The lowest BCUT2D eigenvalue weighted by molar-refractivity contribution is -0.131. The number of anilines is 1. The minimum absolute atomic E-state index is 0.499. The molecule has 0 aliphatic carbocycles. The summed E-state index contributed by atoms with van der Waals surface area (Å²) in [5.41, 5.74) is 7.17. The van der Waals surface area contributed by atoms with Crippen LogP contribution in [-0.2, 0) is 4.79 Å². The van der Waals surface area contributed by atoms with Crippen LogP contribution in [0.2, 0.25) is 0 Å². The summed E-state index contributed by atoms with van der Waals surface area (Å²) in [5.74, 6) is 0.171. The molecule has 1 aromatic heterocycles. The number of aliphatic carboxylic acids is 1. The average molecular weight is 229 g/mol. The number of nitrogen functional groups attached to an aromatic ring is 1. The van der Waals surface area contributed by atoms with Crippen LogP contribution in [0.5, 0.6) is 0 Å². The second kappa shape index (κ2) is 4.57. The maximum Gasteiger partial charge on any atom is 0.328 e. The summed E-state index contributed by atoms with van der Waals surface area (Å²) in [6, 6.07) is 10.8. The smallest absolute Gasteiger partial charge is 0.328 e. The summed E-state index contributed by atoms with van der Waals surface area (Å²) in [6.45, 7) is 0. The molecule has 2 aromatic rings. The Balaban J connectivity index is 2.23. The van der Waals surface area contributed by atoms with E-state index in [9.17, 15) is 4.79 Å². The van der Waals surface area contributed by atoms with Gasteiger partial charge in [-0.15, -0.1) is 0 Å². The standard InChI is InChI=1S/C13H11NO3/c14-10-3-1-9(2-4-10)12-7-5-11(17-12)6-8-13(15)16/h1-8H,14H2,(H,15,16). The highest BCUT2D eigenvalue weighted by Crippen LogP contribution is 2.23. The van der Waals surface area contributed by atoms with Gasteiger partial charge in [-0.2, -0.15) is 0 Å². The van der Waals surface area contributed by atoms with E-state index in [2.05, 4.69) is 0 Å². The predicted octanol–water partition coefficient (Wildman–Crippen LogP) is 2.63. The average Bonchev–Trinajstić information content (AvgIpc) is 2.76. The van der Waals surface area contributed by atoms with Gasteiger partial charge in [-0.1, -0.05) is 0 Å². The summed E-state index contributed by atoms with van der Waals surface area (Å²) in [4.78, 5) is 10.3. The first-order chi connectivity index (χ1) is 8.15. The number of furan rings is 1. The van der Waals surface area contributed by atoms with Gasteiger partial charge >= 0.3 is 5.97 Å². The lowest BCUT2D eigenvalue weighted by Crippen LogP contribution is -1.84. The Hall–Kier alpha value is -2.49. The predicted molar refractivity (Wildman–Crippen MR) is 65.2 cm³/mol. The molecule has 0 saturated carbocycles. The SMILES string of the molecule is Nc1ccc(-c2ccc(C=CC(=O)O)o2)cc1. The molecular weight excluding hydrogens is 218 g/mol. The van der Waals surface area contributed by atoms with Crippen molar-refractivity contribution in [2.24, 2.45) is 0 Å². The molecule has 3 N–H and O–H groups in total. The largest absolute Gasteiger partial charge is 0.478 e. The molecule has 0 bridgehead atoms. The molecule has 2 rings (SSSR count). The summed E-state index contributed by atoms with van der Waals surface area (Å²) < 4.78 is 5.47. The van der Waals surface area contributed by atoms with E-state index in [0.717, 1.165) is 11.6 Å². The van der Waals surface area contributed by atoms with E-state index < -0.39 is 5.97 Å². The van der Waals surface area contributed by atoms with Crippen LogP contribution in [-0.4, -0.2) is 11.1 Å². The molecular formula is C13H11NO3. The van der Waals surface area contributed by atoms with Crippen molar-refractivity contribution in [3.05, 3.63) is 48.2 Å². The van der Waals surface area contributed by atoms with Crippen molar-refractivity contribution in [2.75, 3.05) is 5.73 Å². The Labute approximate surface area is 98.0 Å². The molecule has 0 aliphatic rings. The minimum atomic E-state index is -1.00. The van der Waals surface area contributed by atoms with Gasteiger partial charge in [0.15, 0.2) is 0 Å². The molecule has 86 valence electrons. The first-order valence-corrected chi connectivity index (χ1v) is 5.02. The van der Waals surface area contributed by atoms with E-state index in [1.807, 2.05) is 12.1 Å². The number of carboxylic acids is 1. The number of hydrogen-bond donors (Lipinski definition) is 2. The van der Waals surface area contributed by atoms with Crippen LogP contribution in [0.1, 0.15) is 5.76 Å². The van der Waals surface area contributed by atoms with E-state index in [1.54, 1.807) is 24.3 Å². The van der Waals surface area contributed by atoms with Crippen LogP contribution in [0, 0.1) is 0 Å². The van der Waals surface area contributed by atoms with Gasteiger partial charge in [0.25, 0.3) is 0 Å². The minimum Gasteiger partial charge on any atom is -0.478 e. The summed E-state index contributed by atoms with van der Waals surface area (Å²) in [6.07, 6.45) is 2.44. The Morgan fingerprint density at radius 3 is 2.53 bits per heavy atom. The topological polar surface area (TPSA) is 76.5 Å². The Morgan fingerprint density at radius 1 is 1.18 bits per heavy atom. The second-order valence-corrected chi connectivity index (χ2v) is 3.50. The zero-order valence-corrected chi connectivity index (χ0v) is 8.96. The van der Waals surface area contributed by atoms with Gasteiger partial charge in [-0.05, 0) is 42.5 Å². The molecule has 0 amide bonds. The molecule has 0 saturated heterocycles. The molecule has 0 aliphatic heterocycles. The highest BCUT2D eigenvalue weighted by Gasteiger charge is 2.02.